The molecule has 0 aliphatic heterocycles. The van der Waals surface area contributed by atoms with Crippen LogP contribution >= 0.6 is 0 Å². The summed E-state index contributed by atoms with van der Waals surface area (Å²) in [6.45, 7) is 0. The van der Waals surface area contributed by atoms with E-state index < -0.39 is 0 Å². The monoisotopic (exact) mass is 675 g/mol. The molecule has 0 heterocycles. The lowest BCUT2D eigenvalue weighted by molar-refractivity contribution is 1.28. The van der Waals surface area contributed by atoms with Crippen LogP contribution in [0.2, 0.25) is 0 Å². The van der Waals surface area contributed by atoms with Gasteiger partial charge in [-0.1, -0.05) is 182 Å². The molecule has 0 bridgehead atoms. The first-order chi connectivity index (χ1) is 26.3. The lowest BCUT2D eigenvalue weighted by Crippen LogP contribution is -2.09. The Kier molecular flexibility index (Phi) is 8.66. The predicted octanol–water partition coefficient (Wildman–Crippen LogP) is 14.6. The van der Waals surface area contributed by atoms with Gasteiger partial charge in [-0.25, -0.2) is 0 Å². The van der Waals surface area contributed by atoms with Gasteiger partial charge in [0.2, 0.25) is 0 Å². The van der Waals surface area contributed by atoms with Crippen LogP contribution in [-0.2, 0) is 0 Å². The van der Waals surface area contributed by atoms with E-state index in [0.29, 0.717) is 0 Å². The third-order valence-electron chi connectivity index (χ3n) is 10.1. The van der Waals surface area contributed by atoms with Crippen LogP contribution in [0, 0.1) is 0 Å². The van der Waals surface area contributed by atoms with Crippen molar-refractivity contribution in [1.82, 2.24) is 0 Å². The van der Waals surface area contributed by atoms with E-state index in [1.54, 1.807) is 0 Å². The Hall–Kier alpha value is -6.96. The second-order valence-electron chi connectivity index (χ2n) is 13.3. The maximum Gasteiger partial charge on any atom is 0.0462 e. The molecule has 1 heteroatoms. The molecule has 1 nitrogen and oxygen atoms in total. The Labute approximate surface area is 311 Å². The standard InChI is InChI=1S/C52H37N/c1-5-15-38(16-6-1)40-25-31-46(32-26-40)53(47-33-27-41(28-34-47)39-17-7-2-8-18-39)48-35-29-44(30-36-48)51-49-24-14-13-23-45(49)37-50(42-19-9-3-10-20-42)52(51)43-21-11-4-12-22-43/h1-37H. The first-order valence-electron chi connectivity index (χ1n) is 18.2. The molecule has 9 rings (SSSR count). The van der Waals surface area contributed by atoms with Crippen molar-refractivity contribution in [3.8, 4) is 55.6 Å². The topological polar surface area (TPSA) is 3.24 Å². The van der Waals surface area contributed by atoms with Crippen molar-refractivity contribution in [2.45, 2.75) is 0 Å². The van der Waals surface area contributed by atoms with Crippen molar-refractivity contribution >= 4 is 27.8 Å². The summed E-state index contributed by atoms with van der Waals surface area (Å²) in [6.07, 6.45) is 0. The van der Waals surface area contributed by atoms with Crippen LogP contribution in [0.25, 0.3) is 66.4 Å². The Morgan fingerprint density at radius 3 is 1.06 bits per heavy atom. The molecule has 0 saturated heterocycles. The van der Waals surface area contributed by atoms with Crippen molar-refractivity contribution in [2.24, 2.45) is 0 Å². The van der Waals surface area contributed by atoms with Crippen LogP contribution in [0.4, 0.5) is 17.1 Å². The lowest BCUT2D eigenvalue weighted by Gasteiger charge is -2.26. The van der Waals surface area contributed by atoms with Crippen molar-refractivity contribution in [1.29, 1.82) is 0 Å². The first kappa shape index (κ1) is 32.0. The summed E-state index contributed by atoms with van der Waals surface area (Å²) in [4.78, 5) is 2.35. The molecule has 9 aromatic rings. The SMILES string of the molecule is c1ccc(-c2ccc(N(c3ccc(-c4ccccc4)cc3)c3ccc(-c4c(-c5ccccc5)c(-c5ccccc5)cc5ccccc45)cc3)cc2)cc1. The number of hydrogen-bond donors (Lipinski definition) is 0. The molecular formula is C52H37N. The van der Waals surface area contributed by atoms with Gasteiger partial charge in [0.05, 0.1) is 0 Å². The highest BCUT2D eigenvalue weighted by Gasteiger charge is 2.19. The smallest absolute Gasteiger partial charge is 0.0462 e. The molecule has 0 aliphatic rings. The average Bonchev–Trinajstić information content (AvgIpc) is 3.25. The summed E-state index contributed by atoms with van der Waals surface area (Å²) in [7, 11) is 0. The zero-order chi connectivity index (χ0) is 35.4. The zero-order valence-electron chi connectivity index (χ0n) is 29.3. The first-order valence-corrected chi connectivity index (χ1v) is 18.2. The van der Waals surface area contributed by atoms with Crippen LogP contribution < -0.4 is 4.90 Å². The maximum absolute atomic E-state index is 2.35. The van der Waals surface area contributed by atoms with Gasteiger partial charge in [0.15, 0.2) is 0 Å². The minimum absolute atomic E-state index is 1.10. The van der Waals surface area contributed by atoms with E-state index in [1.165, 1.54) is 66.4 Å². The number of anilines is 3. The number of rotatable bonds is 8. The maximum atomic E-state index is 2.35. The highest BCUT2D eigenvalue weighted by molar-refractivity contribution is 6.10. The van der Waals surface area contributed by atoms with Gasteiger partial charge in [-0.3, -0.25) is 0 Å². The zero-order valence-corrected chi connectivity index (χ0v) is 29.3. The Morgan fingerprint density at radius 1 is 0.245 bits per heavy atom. The van der Waals surface area contributed by atoms with E-state index in [4.69, 9.17) is 0 Å². The second kappa shape index (κ2) is 14.3. The third-order valence-corrected chi connectivity index (χ3v) is 10.1. The van der Waals surface area contributed by atoms with Gasteiger partial charge in [0, 0.05) is 17.1 Å². The minimum atomic E-state index is 1.10. The molecule has 9 aromatic carbocycles. The van der Waals surface area contributed by atoms with Crippen LogP contribution in [0.5, 0.6) is 0 Å². The predicted molar refractivity (Wildman–Crippen MR) is 226 cm³/mol. The van der Waals surface area contributed by atoms with Gasteiger partial charge in [0.1, 0.15) is 0 Å². The number of hydrogen-bond acceptors (Lipinski definition) is 1. The number of nitrogens with zero attached hydrogens (tertiary/aromatic N) is 1. The molecule has 0 amide bonds. The van der Waals surface area contributed by atoms with Gasteiger partial charge in [0.25, 0.3) is 0 Å². The van der Waals surface area contributed by atoms with Crippen LogP contribution in [0.15, 0.2) is 224 Å². The van der Waals surface area contributed by atoms with E-state index in [0.717, 1.165) is 17.1 Å². The largest absolute Gasteiger partial charge is 0.311 e. The van der Waals surface area contributed by atoms with E-state index in [9.17, 15) is 0 Å². The average molecular weight is 676 g/mol. The molecule has 0 radical (unpaired) electrons. The minimum Gasteiger partial charge on any atom is -0.311 e. The van der Waals surface area contributed by atoms with E-state index in [1.807, 2.05) is 0 Å². The van der Waals surface area contributed by atoms with Gasteiger partial charge >= 0.3 is 0 Å². The van der Waals surface area contributed by atoms with Crippen molar-refractivity contribution in [3.05, 3.63) is 224 Å². The van der Waals surface area contributed by atoms with Gasteiger partial charge in [-0.05, 0) is 109 Å². The molecule has 0 aromatic heterocycles. The van der Waals surface area contributed by atoms with Crippen LogP contribution in [0.1, 0.15) is 0 Å². The molecule has 0 N–H and O–H groups in total. The summed E-state index contributed by atoms with van der Waals surface area (Å²) in [5.41, 5.74) is 15.4. The van der Waals surface area contributed by atoms with Crippen molar-refractivity contribution in [3.63, 3.8) is 0 Å². The second-order valence-corrected chi connectivity index (χ2v) is 13.3. The summed E-state index contributed by atoms with van der Waals surface area (Å²) in [6, 6.07) is 80.8. The Bertz CT molecular complexity index is 2510. The highest BCUT2D eigenvalue weighted by atomic mass is 15.1. The van der Waals surface area contributed by atoms with Crippen LogP contribution in [0.3, 0.4) is 0 Å². The number of fused-ring (bicyclic) bond motifs is 1. The van der Waals surface area contributed by atoms with Crippen molar-refractivity contribution in [2.75, 3.05) is 4.90 Å². The number of benzene rings is 9. The quantitative estimate of drug-likeness (QED) is 0.155. The molecule has 250 valence electrons. The molecule has 0 aliphatic carbocycles. The highest BCUT2D eigenvalue weighted by Crippen LogP contribution is 2.46. The Morgan fingerprint density at radius 2 is 0.585 bits per heavy atom. The van der Waals surface area contributed by atoms with E-state index in [-0.39, 0.29) is 0 Å². The summed E-state index contributed by atoms with van der Waals surface area (Å²) >= 11 is 0. The van der Waals surface area contributed by atoms with Gasteiger partial charge < -0.3 is 4.90 Å². The fourth-order valence-electron chi connectivity index (χ4n) is 7.49. The fourth-order valence-corrected chi connectivity index (χ4v) is 7.49. The normalized spacial score (nSPS) is 11.0. The van der Waals surface area contributed by atoms with Crippen LogP contribution in [-0.4, -0.2) is 0 Å². The molecule has 53 heavy (non-hydrogen) atoms. The fraction of sp³-hybridized carbons (Fsp3) is 0. The molecule has 0 saturated carbocycles. The summed E-state index contributed by atoms with van der Waals surface area (Å²) < 4.78 is 0. The summed E-state index contributed by atoms with van der Waals surface area (Å²) in [5.74, 6) is 0. The summed E-state index contributed by atoms with van der Waals surface area (Å²) in [5, 5.41) is 2.47. The molecule has 0 spiro atoms. The Balaban J connectivity index is 1.19. The van der Waals surface area contributed by atoms with Gasteiger partial charge in [-0.15, -0.1) is 0 Å². The van der Waals surface area contributed by atoms with Gasteiger partial charge in [-0.2, -0.15) is 0 Å². The lowest BCUT2D eigenvalue weighted by atomic mass is 9.84. The molecular weight excluding hydrogens is 639 g/mol. The molecule has 0 fully saturated rings. The molecule has 0 unspecified atom stereocenters. The molecule has 0 atom stereocenters. The van der Waals surface area contributed by atoms with Crippen molar-refractivity contribution < 1.29 is 0 Å². The third kappa shape index (κ3) is 6.42. The van der Waals surface area contributed by atoms with E-state index >= 15 is 0 Å². The van der Waals surface area contributed by atoms with E-state index in [2.05, 4.69) is 229 Å².